The molecule has 7 heteroatoms. The molecule has 2 saturated heterocycles. The maximum absolute atomic E-state index is 13.1. The van der Waals surface area contributed by atoms with Gasteiger partial charge in [-0.05, 0) is 44.2 Å². The van der Waals surface area contributed by atoms with Crippen LogP contribution in [0.25, 0.3) is 11.0 Å². The minimum absolute atomic E-state index is 0.00405. The lowest BCUT2D eigenvalue weighted by molar-refractivity contribution is -0.141. The topological polar surface area (TPSA) is 86.4 Å². The second-order valence-corrected chi connectivity index (χ2v) is 8.81. The number of nitrogens with one attached hydrogen (secondary N) is 1. The van der Waals surface area contributed by atoms with Crippen molar-refractivity contribution in [3.63, 3.8) is 0 Å². The minimum Gasteiger partial charge on any atom is -0.340 e. The molecule has 2 aliphatic heterocycles. The van der Waals surface area contributed by atoms with Crippen LogP contribution in [0.3, 0.4) is 0 Å². The molecule has 2 aromatic rings. The van der Waals surface area contributed by atoms with Gasteiger partial charge >= 0.3 is 0 Å². The first-order valence-corrected chi connectivity index (χ1v) is 11.2. The molecule has 3 heterocycles. The van der Waals surface area contributed by atoms with Crippen LogP contribution in [0.4, 0.5) is 0 Å². The number of imidazole rings is 1. The molecule has 3 atom stereocenters. The summed E-state index contributed by atoms with van der Waals surface area (Å²) in [5.41, 5.74) is 1.88. The van der Waals surface area contributed by atoms with Gasteiger partial charge in [0.2, 0.25) is 17.7 Å². The van der Waals surface area contributed by atoms with Crippen LogP contribution in [0.2, 0.25) is 0 Å². The van der Waals surface area contributed by atoms with E-state index in [0.29, 0.717) is 6.54 Å². The molecular formula is C23H28N4O3. The number of fused-ring (bicyclic) bond motifs is 2. The number of para-hydroxylation sites is 2. The lowest BCUT2D eigenvalue weighted by Gasteiger charge is -2.35. The standard InChI is InChI=1S/C23H28N4O3/c28-20(12-14-27-22(29)15-7-1-2-8-16(15)23(27)30)26-13-6-5-11-19(26)21-24-17-9-3-4-10-18(17)25-21/h3-4,9-10,15-16,19H,1-2,5-8,11-14H2,(H,24,25). The van der Waals surface area contributed by atoms with Crippen LogP contribution >= 0.6 is 0 Å². The number of benzene rings is 1. The van der Waals surface area contributed by atoms with E-state index in [2.05, 4.69) is 4.98 Å². The van der Waals surface area contributed by atoms with Crippen LogP contribution in [0.1, 0.15) is 63.2 Å². The van der Waals surface area contributed by atoms with E-state index in [1.165, 1.54) is 4.90 Å². The summed E-state index contributed by atoms with van der Waals surface area (Å²) in [4.78, 5) is 49.8. The predicted molar refractivity (Wildman–Crippen MR) is 111 cm³/mol. The molecule has 0 radical (unpaired) electrons. The summed E-state index contributed by atoms with van der Waals surface area (Å²) in [6.45, 7) is 0.889. The van der Waals surface area contributed by atoms with Crippen LogP contribution in [0, 0.1) is 11.8 Å². The van der Waals surface area contributed by atoms with Crippen molar-refractivity contribution in [2.24, 2.45) is 11.8 Å². The Morgan fingerprint density at radius 1 is 1.00 bits per heavy atom. The van der Waals surface area contributed by atoms with Crippen molar-refractivity contribution in [3.05, 3.63) is 30.1 Å². The van der Waals surface area contributed by atoms with Gasteiger partial charge in [-0.25, -0.2) is 4.98 Å². The van der Waals surface area contributed by atoms with Crippen molar-refractivity contribution in [1.82, 2.24) is 19.8 Å². The van der Waals surface area contributed by atoms with E-state index in [4.69, 9.17) is 4.98 Å². The van der Waals surface area contributed by atoms with Gasteiger partial charge in [-0.15, -0.1) is 0 Å². The molecule has 7 nitrogen and oxygen atoms in total. The number of piperidine rings is 1. The normalized spacial score (nSPS) is 27.0. The maximum Gasteiger partial charge on any atom is 0.233 e. The smallest absolute Gasteiger partial charge is 0.233 e. The lowest BCUT2D eigenvalue weighted by Crippen LogP contribution is -2.41. The summed E-state index contributed by atoms with van der Waals surface area (Å²) >= 11 is 0. The first kappa shape index (κ1) is 19.3. The fourth-order valence-electron chi connectivity index (χ4n) is 5.45. The third-order valence-corrected chi connectivity index (χ3v) is 7.03. The third-order valence-electron chi connectivity index (χ3n) is 7.03. The van der Waals surface area contributed by atoms with Crippen LogP contribution in [-0.4, -0.2) is 50.6 Å². The number of aromatic nitrogens is 2. The number of hydrogen-bond acceptors (Lipinski definition) is 4. The average molecular weight is 409 g/mol. The Labute approximate surface area is 175 Å². The first-order chi connectivity index (χ1) is 14.6. The average Bonchev–Trinajstić information content (AvgIpc) is 3.32. The molecule has 3 amide bonds. The number of amides is 3. The molecule has 0 spiro atoms. The Morgan fingerprint density at radius 3 is 2.43 bits per heavy atom. The van der Waals surface area contributed by atoms with Crippen molar-refractivity contribution in [2.75, 3.05) is 13.1 Å². The van der Waals surface area contributed by atoms with Gasteiger partial charge in [0.25, 0.3) is 0 Å². The number of carbonyl (C=O) groups excluding carboxylic acids is 3. The van der Waals surface area contributed by atoms with Crippen molar-refractivity contribution in [3.8, 4) is 0 Å². The van der Waals surface area contributed by atoms with Gasteiger partial charge in [0.05, 0.1) is 28.9 Å². The Hall–Kier alpha value is -2.70. The quantitative estimate of drug-likeness (QED) is 0.787. The van der Waals surface area contributed by atoms with Crippen LogP contribution in [0.15, 0.2) is 24.3 Å². The number of rotatable bonds is 4. The molecule has 0 bridgehead atoms. The van der Waals surface area contributed by atoms with E-state index >= 15 is 0 Å². The number of H-pyrrole nitrogens is 1. The van der Waals surface area contributed by atoms with Crippen LogP contribution < -0.4 is 0 Å². The largest absolute Gasteiger partial charge is 0.340 e. The van der Waals surface area contributed by atoms with Gasteiger partial charge in [-0.3, -0.25) is 19.3 Å². The molecule has 1 aromatic heterocycles. The Bertz CT molecular complexity index is 927. The van der Waals surface area contributed by atoms with Gasteiger partial charge in [-0.1, -0.05) is 25.0 Å². The Balaban J connectivity index is 1.28. The minimum atomic E-state index is -0.153. The van der Waals surface area contributed by atoms with E-state index in [0.717, 1.165) is 61.8 Å². The summed E-state index contributed by atoms with van der Waals surface area (Å²) < 4.78 is 0. The van der Waals surface area contributed by atoms with Gasteiger partial charge < -0.3 is 9.88 Å². The van der Waals surface area contributed by atoms with Crippen molar-refractivity contribution in [2.45, 2.75) is 57.4 Å². The molecule has 1 aliphatic carbocycles. The second kappa shape index (κ2) is 7.85. The highest BCUT2D eigenvalue weighted by Gasteiger charge is 2.48. The number of imide groups is 1. The molecule has 3 fully saturated rings. The zero-order valence-corrected chi connectivity index (χ0v) is 17.2. The van der Waals surface area contributed by atoms with E-state index in [1.807, 2.05) is 29.2 Å². The first-order valence-electron chi connectivity index (χ1n) is 11.2. The number of hydrogen-bond donors (Lipinski definition) is 1. The highest BCUT2D eigenvalue weighted by atomic mass is 16.2. The Morgan fingerprint density at radius 2 is 1.70 bits per heavy atom. The number of nitrogens with zero attached hydrogens (tertiary/aromatic N) is 3. The van der Waals surface area contributed by atoms with E-state index in [9.17, 15) is 14.4 Å². The molecule has 3 aliphatic rings. The summed E-state index contributed by atoms with van der Waals surface area (Å²) in [5, 5.41) is 0. The zero-order valence-electron chi connectivity index (χ0n) is 17.2. The fourth-order valence-corrected chi connectivity index (χ4v) is 5.45. The molecular weight excluding hydrogens is 380 g/mol. The van der Waals surface area contributed by atoms with Crippen molar-refractivity contribution < 1.29 is 14.4 Å². The SMILES string of the molecule is O=C1C2CCCCC2C(=O)N1CCC(=O)N1CCCCC1c1nc2ccccc2[nH]1. The maximum atomic E-state index is 13.1. The predicted octanol–water partition coefficient (Wildman–Crippen LogP) is 3.18. The molecule has 30 heavy (non-hydrogen) atoms. The molecule has 5 rings (SSSR count). The number of likely N-dealkylation sites (tertiary alicyclic amines) is 2. The zero-order chi connectivity index (χ0) is 20.7. The molecule has 1 N–H and O–H groups in total. The van der Waals surface area contributed by atoms with E-state index < -0.39 is 0 Å². The van der Waals surface area contributed by atoms with Gasteiger partial charge in [-0.2, -0.15) is 0 Å². The fraction of sp³-hybridized carbons (Fsp3) is 0.565. The summed E-state index contributed by atoms with van der Waals surface area (Å²) in [6, 6.07) is 7.80. The van der Waals surface area contributed by atoms with Gasteiger partial charge in [0.1, 0.15) is 5.82 Å². The van der Waals surface area contributed by atoms with E-state index in [1.54, 1.807) is 0 Å². The lowest BCUT2D eigenvalue weighted by atomic mass is 9.81. The summed E-state index contributed by atoms with van der Waals surface area (Å²) in [5.74, 6) is 0.383. The monoisotopic (exact) mass is 408 g/mol. The van der Waals surface area contributed by atoms with E-state index in [-0.39, 0.29) is 48.6 Å². The highest BCUT2D eigenvalue weighted by molar-refractivity contribution is 6.05. The molecule has 3 unspecified atom stereocenters. The van der Waals surface area contributed by atoms with Crippen LogP contribution in [-0.2, 0) is 14.4 Å². The highest BCUT2D eigenvalue weighted by Crippen LogP contribution is 2.38. The number of carbonyl (C=O) groups is 3. The summed E-state index contributed by atoms with van der Waals surface area (Å²) in [7, 11) is 0. The molecule has 158 valence electrons. The second-order valence-electron chi connectivity index (χ2n) is 8.81. The third kappa shape index (κ3) is 3.30. The van der Waals surface area contributed by atoms with Gasteiger partial charge in [0, 0.05) is 19.5 Å². The summed E-state index contributed by atoms with van der Waals surface area (Å²) in [6.07, 6.45) is 6.72. The van der Waals surface area contributed by atoms with Crippen molar-refractivity contribution in [1.29, 1.82) is 0 Å². The molecule has 1 aromatic carbocycles. The molecule has 1 saturated carbocycles. The number of aromatic amines is 1. The van der Waals surface area contributed by atoms with Crippen LogP contribution in [0.5, 0.6) is 0 Å². The van der Waals surface area contributed by atoms with Crippen molar-refractivity contribution >= 4 is 28.8 Å². The Kier molecular flexibility index (Phi) is 5.05. The van der Waals surface area contributed by atoms with Gasteiger partial charge in [0.15, 0.2) is 0 Å².